The van der Waals surface area contributed by atoms with Crippen LogP contribution in [0.3, 0.4) is 0 Å². The number of hydrogen-bond acceptors (Lipinski definition) is 2. The van der Waals surface area contributed by atoms with Gasteiger partial charge in [-0.1, -0.05) is 49.4 Å². The second-order valence-electron chi connectivity index (χ2n) is 5.40. The van der Waals surface area contributed by atoms with Gasteiger partial charge >= 0.3 is 0 Å². The zero-order valence-corrected chi connectivity index (χ0v) is 12.6. The van der Waals surface area contributed by atoms with Gasteiger partial charge in [-0.05, 0) is 48.4 Å². The zero-order chi connectivity index (χ0) is 14.7. The molecule has 0 saturated carbocycles. The van der Waals surface area contributed by atoms with E-state index in [2.05, 4.69) is 60.8 Å². The Labute approximate surface area is 125 Å². The lowest BCUT2D eigenvalue weighted by molar-refractivity contribution is 0.431. The molecule has 3 aromatic rings. The Morgan fingerprint density at radius 2 is 1.81 bits per heavy atom. The van der Waals surface area contributed by atoms with Crippen LogP contribution >= 0.6 is 0 Å². The van der Waals surface area contributed by atoms with Gasteiger partial charge in [-0.15, -0.1) is 0 Å². The molecular formula is C19H21NO. The first-order valence-electron chi connectivity index (χ1n) is 7.57. The van der Waals surface area contributed by atoms with Gasteiger partial charge in [0.05, 0.1) is 6.04 Å². The summed E-state index contributed by atoms with van der Waals surface area (Å²) >= 11 is 0. The van der Waals surface area contributed by atoms with Gasteiger partial charge in [-0.25, -0.2) is 0 Å². The van der Waals surface area contributed by atoms with Crippen LogP contribution < -0.4 is 5.32 Å². The van der Waals surface area contributed by atoms with Crippen LogP contribution in [0.2, 0.25) is 0 Å². The molecule has 0 aliphatic carbocycles. The Balaban J connectivity index is 2.09. The monoisotopic (exact) mass is 279 g/mol. The smallest absolute Gasteiger partial charge is 0.125 e. The predicted molar refractivity (Wildman–Crippen MR) is 87.5 cm³/mol. The highest BCUT2D eigenvalue weighted by Gasteiger charge is 2.18. The van der Waals surface area contributed by atoms with E-state index in [4.69, 9.17) is 4.42 Å². The van der Waals surface area contributed by atoms with E-state index in [1.54, 1.807) is 0 Å². The van der Waals surface area contributed by atoms with E-state index < -0.39 is 0 Å². The van der Waals surface area contributed by atoms with E-state index in [9.17, 15) is 0 Å². The zero-order valence-electron chi connectivity index (χ0n) is 12.6. The molecule has 2 aromatic carbocycles. The van der Waals surface area contributed by atoms with E-state index >= 15 is 0 Å². The van der Waals surface area contributed by atoms with Crippen LogP contribution in [0.5, 0.6) is 0 Å². The van der Waals surface area contributed by atoms with Crippen molar-refractivity contribution in [1.29, 1.82) is 0 Å². The van der Waals surface area contributed by atoms with Gasteiger partial charge < -0.3 is 9.73 Å². The molecular weight excluding hydrogens is 258 g/mol. The molecule has 0 spiro atoms. The summed E-state index contributed by atoms with van der Waals surface area (Å²) in [5.74, 6) is 1.94. The van der Waals surface area contributed by atoms with E-state index in [0.29, 0.717) is 0 Å². The molecule has 1 atom stereocenters. The van der Waals surface area contributed by atoms with Crippen LogP contribution in [0.1, 0.15) is 36.5 Å². The maximum atomic E-state index is 5.88. The summed E-state index contributed by atoms with van der Waals surface area (Å²) < 4.78 is 5.88. The van der Waals surface area contributed by atoms with Gasteiger partial charge in [0, 0.05) is 0 Å². The summed E-state index contributed by atoms with van der Waals surface area (Å²) in [5.41, 5.74) is 1.27. The Hall–Kier alpha value is -2.06. The van der Waals surface area contributed by atoms with Crippen molar-refractivity contribution in [3.63, 3.8) is 0 Å². The summed E-state index contributed by atoms with van der Waals surface area (Å²) in [6.45, 7) is 5.14. The van der Waals surface area contributed by atoms with E-state index in [0.717, 1.165) is 24.5 Å². The molecule has 0 aliphatic heterocycles. The van der Waals surface area contributed by atoms with Crippen molar-refractivity contribution >= 4 is 10.8 Å². The van der Waals surface area contributed by atoms with Crippen LogP contribution in [0.4, 0.5) is 0 Å². The van der Waals surface area contributed by atoms with Crippen LogP contribution in [-0.2, 0) is 0 Å². The predicted octanol–water partition coefficient (Wildman–Crippen LogP) is 4.83. The van der Waals surface area contributed by atoms with E-state index in [1.165, 1.54) is 16.3 Å². The van der Waals surface area contributed by atoms with Crippen molar-refractivity contribution in [3.8, 4) is 0 Å². The van der Waals surface area contributed by atoms with Crippen LogP contribution in [0, 0.1) is 6.92 Å². The molecule has 1 aromatic heterocycles. The van der Waals surface area contributed by atoms with Gasteiger partial charge in [0.15, 0.2) is 0 Å². The lowest BCUT2D eigenvalue weighted by Gasteiger charge is -2.19. The number of furan rings is 1. The number of nitrogens with one attached hydrogen (secondary N) is 1. The Bertz CT molecular complexity index is 724. The summed E-state index contributed by atoms with van der Waals surface area (Å²) in [7, 11) is 0. The molecule has 1 unspecified atom stereocenters. The molecule has 0 bridgehead atoms. The fourth-order valence-electron chi connectivity index (χ4n) is 2.76. The topological polar surface area (TPSA) is 25.2 Å². The third-order valence-corrected chi connectivity index (χ3v) is 3.78. The molecule has 3 rings (SSSR count). The maximum absolute atomic E-state index is 5.88. The Kier molecular flexibility index (Phi) is 4.07. The molecule has 0 amide bonds. The normalized spacial score (nSPS) is 12.7. The highest BCUT2D eigenvalue weighted by molar-refractivity contribution is 5.86. The SMILES string of the molecule is CCCNC(c1ccc(C)o1)c1cccc2ccccc12. The van der Waals surface area contributed by atoms with Crippen molar-refractivity contribution in [2.45, 2.75) is 26.3 Å². The number of rotatable bonds is 5. The first-order chi connectivity index (χ1) is 10.3. The van der Waals surface area contributed by atoms with Gasteiger partial charge in [0.2, 0.25) is 0 Å². The van der Waals surface area contributed by atoms with Crippen LogP contribution in [-0.4, -0.2) is 6.54 Å². The maximum Gasteiger partial charge on any atom is 0.125 e. The first kappa shape index (κ1) is 13.9. The Morgan fingerprint density at radius 3 is 2.57 bits per heavy atom. The lowest BCUT2D eigenvalue weighted by Crippen LogP contribution is -2.23. The average Bonchev–Trinajstić information content (AvgIpc) is 2.94. The number of benzene rings is 2. The van der Waals surface area contributed by atoms with Gasteiger partial charge in [-0.2, -0.15) is 0 Å². The van der Waals surface area contributed by atoms with E-state index in [-0.39, 0.29) is 6.04 Å². The van der Waals surface area contributed by atoms with Crippen molar-refractivity contribution in [1.82, 2.24) is 5.32 Å². The quantitative estimate of drug-likeness (QED) is 0.723. The molecule has 1 heterocycles. The number of aryl methyl sites for hydroxylation is 1. The van der Waals surface area contributed by atoms with Crippen LogP contribution in [0.15, 0.2) is 59.0 Å². The minimum atomic E-state index is 0.102. The van der Waals surface area contributed by atoms with Crippen molar-refractivity contribution < 1.29 is 4.42 Å². The van der Waals surface area contributed by atoms with Gasteiger partial charge in [0.25, 0.3) is 0 Å². The second kappa shape index (κ2) is 6.15. The summed E-state index contributed by atoms with van der Waals surface area (Å²) in [4.78, 5) is 0. The summed E-state index contributed by atoms with van der Waals surface area (Å²) in [6, 6.07) is 19.2. The minimum absolute atomic E-state index is 0.102. The third-order valence-electron chi connectivity index (χ3n) is 3.78. The lowest BCUT2D eigenvalue weighted by atomic mass is 9.97. The molecule has 0 aliphatic rings. The molecule has 2 nitrogen and oxygen atoms in total. The second-order valence-corrected chi connectivity index (χ2v) is 5.40. The highest BCUT2D eigenvalue weighted by atomic mass is 16.3. The molecule has 21 heavy (non-hydrogen) atoms. The van der Waals surface area contributed by atoms with Crippen molar-refractivity contribution in [2.24, 2.45) is 0 Å². The van der Waals surface area contributed by atoms with Gasteiger partial charge in [0.1, 0.15) is 11.5 Å². The number of hydrogen-bond donors (Lipinski definition) is 1. The number of fused-ring (bicyclic) bond motifs is 1. The largest absolute Gasteiger partial charge is 0.464 e. The molecule has 0 saturated heterocycles. The molecule has 1 N–H and O–H groups in total. The molecule has 108 valence electrons. The first-order valence-corrected chi connectivity index (χ1v) is 7.57. The molecule has 0 fully saturated rings. The van der Waals surface area contributed by atoms with Crippen LogP contribution in [0.25, 0.3) is 10.8 Å². The van der Waals surface area contributed by atoms with Crippen molar-refractivity contribution in [3.05, 3.63) is 71.7 Å². The van der Waals surface area contributed by atoms with Crippen molar-refractivity contribution in [2.75, 3.05) is 6.54 Å². The minimum Gasteiger partial charge on any atom is -0.464 e. The highest BCUT2D eigenvalue weighted by Crippen LogP contribution is 2.30. The Morgan fingerprint density at radius 1 is 1.00 bits per heavy atom. The standard InChI is InChI=1S/C19H21NO/c1-3-13-20-19(18-12-11-14(2)21-18)17-10-6-8-15-7-4-5-9-16(15)17/h4-12,19-20H,3,13H2,1-2H3. The average molecular weight is 279 g/mol. The van der Waals surface area contributed by atoms with Gasteiger partial charge in [-0.3, -0.25) is 0 Å². The summed E-state index contributed by atoms with van der Waals surface area (Å²) in [5, 5.41) is 6.16. The fourth-order valence-corrected chi connectivity index (χ4v) is 2.76. The molecule has 0 radical (unpaired) electrons. The third kappa shape index (κ3) is 2.86. The van der Waals surface area contributed by atoms with E-state index in [1.807, 2.05) is 13.0 Å². The molecule has 2 heteroatoms. The fraction of sp³-hybridized carbons (Fsp3) is 0.263. The summed E-state index contributed by atoms with van der Waals surface area (Å²) in [6.07, 6.45) is 1.10.